The molecule has 0 bridgehead atoms. The van der Waals surface area contributed by atoms with Crippen LogP contribution in [0.25, 0.3) is 0 Å². The van der Waals surface area contributed by atoms with Gasteiger partial charge in [-0.3, -0.25) is 0 Å². The molecule has 0 aromatic rings. The summed E-state index contributed by atoms with van der Waals surface area (Å²) in [6, 6.07) is 0. The van der Waals surface area contributed by atoms with Crippen LogP contribution in [0, 0.1) is 0 Å². The lowest BCUT2D eigenvalue weighted by molar-refractivity contribution is -0.306. The highest BCUT2D eigenvalue weighted by Crippen LogP contribution is 1.98. The van der Waals surface area contributed by atoms with Gasteiger partial charge in [-0.2, -0.15) is 0 Å². The van der Waals surface area contributed by atoms with Crippen molar-refractivity contribution >= 4 is 11.9 Å². The van der Waals surface area contributed by atoms with Gasteiger partial charge in [-0.1, -0.05) is 0 Å². The van der Waals surface area contributed by atoms with E-state index in [2.05, 4.69) is 4.74 Å². The molecule has 5 nitrogen and oxygen atoms in total. The van der Waals surface area contributed by atoms with Crippen molar-refractivity contribution < 1.29 is 24.5 Å². The summed E-state index contributed by atoms with van der Waals surface area (Å²) in [6.45, 7) is 1.77. The fourth-order valence-electron chi connectivity index (χ4n) is 0.611. The Morgan fingerprint density at radius 1 is 1.58 bits per heavy atom. The molecule has 1 unspecified atom stereocenters. The van der Waals surface area contributed by atoms with Crippen molar-refractivity contribution in [3.05, 3.63) is 0 Å². The zero-order valence-electron chi connectivity index (χ0n) is 6.78. The molecule has 0 fully saturated rings. The van der Waals surface area contributed by atoms with Crippen LogP contribution in [0.1, 0.15) is 19.8 Å². The van der Waals surface area contributed by atoms with Gasteiger partial charge in [0.15, 0.2) is 6.10 Å². The van der Waals surface area contributed by atoms with Crippen molar-refractivity contribution in [1.82, 2.24) is 0 Å². The number of aliphatic hydroxyl groups excluding tert-OH is 1. The average Bonchev–Trinajstić information content (AvgIpc) is 2.00. The second-order valence-corrected chi connectivity index (χ2v) is 2.18. The van der Waals surface area contributed by atoms with Crippen LogP contribution in [-0.4, -0.2) is 29.8 Å². The van der Waals surface area contributed by atoms with Crippen LogP contribution < -0.4 is 5.11 Å². The Hall–Kier alpha value is -1.10. The summed E-state index contributed by atoms with van der Waals surface area (Å²) >= 11 is 0. The summed E-state index contributed by atoms with van der Waals surface area (Å²) in [5.74, 6) is -2.09. The van der Waals surface area contributed by atoms with E-state index >= 15 is 0 Å². The van der Waals surface area contributed by atoms with E-state index in [1.165, 1.54) is 0 Å². The molecule has 0 rings (SSSR count). The minimum atomic E-state index is -1.36. The summed E-state index contributed by atoms with van der Waals surface area (Å²) < 4.78 is 4.43. The number of carboxylic acid groups (broad SMARTS) is 1. The van der Waals surface area contributed by atoms with Crippen LogP contribution in [0.3, 0.4) is 0 Å². The lowest BCUT2D eigenvalue weighted by atomic mass is 10.2. The van der Waals surface area contributed by atoms with Gasteiger partial charge in [-0.15, -0.1) is 0 Å². The highest BCUT2D eigenvalue weighted by molar-refractivity contribution is 5.75. The Bertz CT molecular complexity index is 165. The van der Waals surface area contributed by atoms with Crippen molar-refractivity contribution in [1.29, 1.82) is 0 Å². The quantitative estimate of drug-likeness (QED) is 0.510. The molecule has 0 spiro atoms. The minimum Gasteiger partial charge on any atom is -0.550 e. The molecule has 0 amide bonds. The van der Waals surface area contributed by atoms with Crippen molar-refractivity contribution in [2.24, 2.45) is 0 Å². The maximum Gasteiger partial charge on any atom is 0.334 e. The van der Waals surface area contributed by atoms with Gasteiger partial charge in [0.2, 0.25) is 0 Å². The zero-order chi connectivity index (χ0) is 9.56. The van der Waals surface area contributed by atoms with E-state index < -0.39 is 18.0 Å². The minimum absolute atomic E-state index is 0.166. The van der Waals surface area contributed by atoms with Gasteiger partial charge in [0.1, 0.15) is 0 Å². The van der Waals surface area contributed by atoms with E-state index in [0.29, 0.717) is 0 Å². The summed E-state index contributed by atoms with van der Waals surface area (Å²) in [5, 5.41) is 18.8. The van der Waals surface area contributed by atoms with Crippen molar-refractivity contribution in [3.63, 3.8) is 0 Å². The van der Waals surface area contributed by atoms with Crippen LogP contribution in [0.5, 0.6) is 0 Å². The molecule has 1 N–H and O–H groups in total. The Kier molecular flexibility index (Phi) is 5.03. The van der Waals surface area contributed by atoms with Gasteiger partial charge in [-0.05, 0) is 19.8 Å². The Balaban J connectivity index is 3.63. The molecule has 70 valence electrons. The van der Waals surface area contributed by atoms with Gasteiger partial charge in [-0.25, -0.2) is 4.79 Å². The fourth-order valence-corrected chi connectivity index (χ4v) is 0.611. The van der Waals surface area contributed by atoms with Crippen molar-refractivity contribution in [3.8, 4) is 0 Å². The number of aliphatic carboxylic acids is 1. The maximum absolute atomic E-state index is 10.7. The van der Waals surface area contributed by atoms with Crippen molar-refractivity contribution in [2.45, 2.75) is 25.9 Å². The standard InChI is InChI=1S/C7H12O5/c1-2-12-7(11)5(8)3-4-6(9)10/h5,8H,2-4H2,1H3,(H,9,10)/p-1. The largest absolute Gasteiger partial charge is 0.550 e. The van der Waals surface area contributed by atoms with Crippen LogP contribution in [-0.2, 0) is 14.3 Å². The molecule has 0 saturated carbocycles. The van der Waals surface area contributed by atoms with Gasteiger partial charge in [0.05, 0.1) is 6.61 Å². The Labute approximate surface area is 70.0 Å². The van der Waals surface area contributed by atoms with Crippen LogP contribution in [0.15, 0.2) is 0 Å². The average molecular weight is 175 g/mol. The van der Waals surface area contributed by atoms with Crippen LogP contribution in [0.4, 0.5) is 0 Å². The highest BCUT2D eigenvalue weighted by Gasteiger charge is 2.14. The second-order valence-electron chi connectivity index (χ2n) is 2.18. The number of hydrogen-bond acceptors (Lipinski definition) is 5. The number of esters is 1. The molecule has 0 aliphatic carbocycles. The van der Waals surface area contributed by atoms with E-state index in [1.807, 2.05) is 0 Å². The van der Waals surface area contributed by atoms with E-state index in [1.54, 1.807) is 6.92 Å². The van der Waals surface area contributed by atoms with E-state index in [0.717, 1.165) is 0 Å². The second kappa shape index (κ2) is 5.54. The first-order valence-electron chi connectivity index (χ1n) is 3.62. The highest BCUT2D eigenvalue weighted by atomic mass is 16.5. The number of hydrogen-bond donors (Lipinski definition) is 1. The summed E-state index contributed by atoms with van der Waals surface area (Å²) in [5.41, 5.74) is 0. The third-order valence-corrected chi connectivity index (χ3v) is 1.18. The zero-order valence-corrected chi connectivity index (χ0v) is 6.78. The van der Waals surface area contributed by atoms with Gasteiger partial charge in [0, 0.05) is 5.97 Å². The molecule has 1 atom stereocenters. The summed E-state index contributed by atoms with van der Waals surface area (Å²) in [7, 11) is 0. The predicted octanol–water partition coefficient (Wildman–Crippen LogP) is -1.56. The monoisotopic (exact) mass is 175 g/mol. The predicted molar refractivity (Wildman–Crippen MR) is 36.9 cm³/mol. The van der Waals surface area contributed by atoms with E-state index in [4.69, 9.17) is 5.11 Å². The molecule has 0 saturated heterocycles. The first-order valence-corrected chi connectivity index (χ1v) is 3.62. The number of carboxylic acids is 1. The topological polar surface area (TPSA) is 86.7 Å². The molecule has 0 heterocycles. The number of aliphatic hydroxyl groups is 1. The molecule has 5 heteroatoms. The van der Waals surface area contributed by atoms with Gasteiger partial charge < -0.3 is 19.7 Å². The lowest BCUT2D eigenvalue weighted by Crippen LogP contribution is -2.28. The van der Waals surface area contributed by atoms with Gasteiger partial charge in [0.25, 0.3) is 0 Å². The number of rotatable bonds is 5. The third kappa shape index (κ3) is 4.68. The molecule has 12 heavy (non-hydrogen) atoms. The lowest BCUT2D eigenvalue weighted by Gasteiger charge is -2.09. The van der Waals surface area contributed by atoms with Crippen LogP contribution >= 0.6 is 0 Å². The van der Waals surface area contributed by atoms with E-state index in [9.17, 15) is 14.7 Å². The molecule has 0 aliphatic heterocycles. The van der Waals surface area contributed by atoms with Gasteiger partial charge >= 0.3 is 5.97 Å². The molecule has 0 aromatic carbocycles. The third-order valence-electron chi connectivity index (χ3n) is 1.18. The normalized spacial score (nSPS) is 12.2. The smallest absolute Gasteiger partial charge is 0.334 e. The first kappa shape index (κ1) is 10.9. The van der Waals surface area contributed by atoms with E-state index in [-0.39, 0.29) is 19.4 Å². The fraction of sp³-hybridized carbons (Fsp3) is 0.714. The number of ether oxygens (including phenoxy) is 1. The summed E-state index contributed by atoms with van der Waals surface area (Å²) in [4.78, 5) is 20.6. The Morgan fingerprint density at radius 3 is 2.58 bits per heavy atom. The summed E-state index contributed by atoms with van der Waals surface area (Å²) in [6.07, 6.45) is -1.87. The molecular formula is C7H11O5-. The first-order chi connectivity index (χ1) is 5.57. The number of carbonyl (C=O) groups is 2. The SMILES string of the molecule is CCOC(=O)C(O)CCC(=O)[O-]. The maximum atomic E-state index is 10.7. The molecular weight excluding hydrogens is 164 g/mol. The number of carbonyl (C=O) groups excluding carboxylic acids is 2. The molecule has 0 aromatic heterocycles. The molecule has 0 aliphatic rings. The Morgan fingerprint density at radius 2 is 2.17 bits per heavy atom. The van der Waals surface area contributed by atoms with Crippen LogP contribution in [0.2, 0.25) is 0 Å². The molecule has 0 radical (unpaired) electrons. The van der Waals surface area contributed by atoms with Crippen molar-refractivity contribution in [2.75, 3.05) is 6.61 Å².